The number of esters is 1. The second-order valence-electron chi connectivity index (χ2n) is 7.47. The van der Waals surface area contributed by atoms with Gasteiger partial charge in [-0.1, -0.05) is 43.7 Å². The third kappa shape index (κ3) is 2.68. The monoisotopic (exact) mass is 378 g/mol. The lowest BCUT2D eigenvalue weighted by atomic mass is 9.87. The minimum absolute atomic E-state index is 0.109. The first-order valence-corrected chi connectivity index (χ1v) is 10.0. The smallest absolute Gasteiger partial charge is 0.337 e. The maximum Gasteiger partial charge on any atom is 0.337 e. The van der Waals surface area contributed by atoms with Gasteiger partial charge in [-0.05, 0) is 43.0 Å². The molecule has 28 heavy (non-hydrogen) atoms. The first-order chi connectivity index (χ1) is 13.6. The van der Waals surface area contributed by atoms with E-state index < -0.39 is 5.66 Å². The highest BCUT2D eigenvalue weighted by Gasteiger charge is 2.54. The summed E-state index contributed by atoms with van der Waals surface area (Å²) in [5.74, 6) is -0.276. The predicted molar refractivity (Wildman–Crippen MR) is 109 cm³/mol. The van der Waals surface area contributed by atoms with Crippen molar-refractivity contribution in [2.75, 3.05) is 23.5 Å². The molecule has 1 fully saturated rings. The molecule has 2 aromatic carbocycles. The Morgan fingerprint density at radius 1 is 1.14 bits per heavy atom. The summed E-state index contributed by atoms with van der Waals surface area (Å²) in [5.41, 5.74) is 2.89. The number of nitrogens with zero attached hydrogens (tertiary/aromatic N) is 2. The Morgan fingerprint density at radius 3 is 2.64 bits per heavy atom. The standard InChI is InChI=1S/C23H26N2O3/c1-3-4-15-24-19-13-12-17(22(27)28-2)16-20(19)25-21(26)11-8-14-23(24,25)18-9-6-5-7-10-18/h5-7,9-10,12-13,16H,3-4,8,11,14-15H2,1-2H3. The van der Waals surface area contributed by atoms with Crippen molar-refractivity contribution < 1.29 is 14.3 Å². The zero-order valence-corrected chi connectivity index (χ0v) is 16.5. The van der Waals surface area contributed by atoms with Crippen molar-refractivity contribution in [2.45, 2.75) is 44.7 Å². The average Bonchev–Trinajstić information content (AvgIpc) is 3.03. The Labute approximate surface area is 165 Å². The van der Waals surface area contributed by atoms with E-state index >= 15 is 0 Å². The number of carbonyl (C=O) groups excluding carboxylic acids is 2. The number of hydrogen-bond donors (Lipinski definition) is 0. The first-order valence-electron chi connectivity index (χ1n) is 10.0. The van der Waals surface area contributed by atoms with E-state index in [4.69, 9.17) is 4.74 Å². The number of hydrogen-bond acceptors (Lipinski definition) is 4. The van der Waals surface area contributed by atoms with E-state index in [-0.39, 0.29) is 11.9 Å². The fourth-order valence-corrected chi connectivity index (χ4v) is 4.64. The van der Waals surface area contributed by atoms with Gasteiger partial charge >= 0.3 is 5.97 Å². The molecule has 0 radical (unpaired) electrons. The van der Waals surface area contributed by atoms with Gasteiger partial charge < -0.3 is 9.64 Å². The van der Waals surface area contributed by atoms with Crippen LogP contribution < -0.4 is 9.80 Å². The van der Waals surface area contributed by atoms with E-state index in [0.29, 0.717) is 12.0 Å². The molecule has 1 amide bonds. The summed E-state index contributed by atoms with van der Waals surface area (Å²) in [7, 11) is 1.38. The molecule has 4 rings (SSSR count). The van der Waals surface area contributed by atoms with Crippen molar-refractivity contribution in [3.8, 4) is 0 Å². The number of ether oxygens (including phenoxy) is 1. The van der Waals surface area contributed by atoms with Crippen LogP contribution in [0.4, 0.5) is 11.4 Å². The van der Waals surface area contributed by atoms with E-state index in [0.717, 1.165) is 49.2 Å². The van der Waals surface area contributed by atoms with Gasteiger partial charge in [0, 0.05) is 13.0 Å². The fourth-order valence-electron chi connectivity index (χ4n) is 4.64. The second-order valence-corrected chi connectivity index (χ2v) is 7.47. The Morgan fingerprint density at radius 2 is 1.93 bits per heavy atom. The number of benzene rings is 2. The summed E-state index contributed by atoms with van der Waals surface area (Å²) >= 11 is 0. The number of fused-ring (bicyclic) bond motifs is 3. The third-order valence-corrected chi connectivity index (χ3v) is 5.88. The molecule has 5 nitrogen and oxygen atoms in total. The summed E-state index contributed by atoms with van der Waals surface area (Å²) in [6.45, 7) is 3.04. The Bertz CT molecular complexity index is 896. The van der Waals surface area contributed by atoms with E-state index in [1.54, 1.807) is 6.07 Å². The van der Waals surface area contributed by atoms with E-state index in [2.05, 4.69) is 24.0 Å². The molecular weight excluding hydrogens is 352 g/mol. The minimum Gasteiger partial charge on any atom is -0.465 e. The van der Waals surface area contributed by atoms with Crippen LogP contribution in [-0.2, 0) is 15.2 Å². The molecule has 2 aromatic rings. The van der Waals surface area contributed by atoms with Crippen LogP contribution in [0, 0.1) is 0 Å². The Balaban J connectivity index is 1.93. The van der Waals surface area contributed by atoms with Crippen LogP contribution >= 0.6 is 0 Å². The molecule has 146 valence electrons. The highest BCUT2D eigenvalue weighted by Crippen LogP contribution is 2.54. The average molecular weight is 378 g/mol. The molecule has 1 saturated heterocycles. The molecule has 0 aromatic heterocycles. The molecule has 2 heterocycles. The molecule has 0 bridgehead atoms. The van der Waals surface area contributed by atoms with Crippen molar-refractivity contribution in [1.29, 1.82) is 0 Å². The SMILES string of the molecule is CCCCN1c2ccc(C(=O)OC)cc2N2C(=O)CCCC12c1ccccc1. The summed E-state index contributed by atoms with van der Waals surface area (Å²) in [6.07, 6.45) is 4.36. The third-order valence-electron chi connectivity index (χ3n) is 5.88. The molecule has 2 aliphatic heterocycles. The van der Waals surface area contributed by atoms with Crippen molar-refractivity contribution in [1.82, 2.24) is 0 Å². The van der Waals surface area contributed by atoms with E-state index in [1.165, 1.54) is 7.11 Å². The number of anilines is 2. The lowest BCUT2D eigenvalue weighted by Gasteiger charge is -2.48. The summed E-state index contributed by atoms with van der Waals surface area (Å²) in [6, 6.07) is 15.9. The van der Waals surface area contributed by atoms with Gasteiger partial charge in [-0.15, -0.1) is 0 Å². The van der Waals surface area contributed by atoms with Crippen molar-refractivity contribution >= 4 is 23.3 Å². The topological polar surface area (TPSA) is 49.9 Å². The molecule has 1 atom stereocenters. The molecule has 2 aliphatic rings. The van der Waals surface area contributed by atoms with Crippen LogP contribution in [0.1, 0.15) is 54.9 Å². The van der Waals surface area contributed by atoms with E-state index in [9.17, 15) is 9.59 Å². The zero-order chi connectivity index (χ0) is 19.7. The van der Waals surface area contributed by atoms with Gasteiger partial charge in [0.2, 0.25) is 5.91 Å². The quantitative estimate of drug-likeness (QED) is 0.721. The zero-order valence-electron chi connectivity index (χ0n) is 16.5. The highest BCUT2D eigenvalue weighted by atomic mass is 16.5. The normalized spacial score (nSPS) is 20.7. The lowest BCUT2D eigenvalue weighted by molar-refractivity contribution is -0.121. The molecule has 1 unspecified atom stereocenters. The van der Waals surface area contributed by atoms with Crippen LogP contribution in [0.25, 0.3) is 0 Å². The van der Waals surface area contributed by atoms with E-state index in [1.807, 2.05) is 35.2 Å². The molecule has 5 heteroatoms. The number of unbranched alkanes of at least 4 members (excludes halogenated alkanes) is 1. The molecular formula is C23H26N2O3. The van der Waals surface area contributed by atoms with Gasteiger partial charge in [0.05, 0.1) is 24.0 Å². The first kappa shape index (κ1) is 18.5. The number of methoxy groups -OCH3 is 1. The Kier molecular flexibility index (Phi) is 4.84. The van der Waals surface area contributed by atoms with Crippen molar-refractivity contribution in [3.05, 3.63) is 59.7 Å². The van der Waals surface area contributed by atoms with Crippen molar-refractivity contribution in [2.24, 2.45) is 0 Å². The van der Waals surface area contributed by atoms with Crippen molar-refractivity contribution in [3.63, 3.8) is 0 Å². The van der Waals surface area contributed by atoms with Gasteiger partial charge in [-0.2, -0.15) is 0 Å². The number of amides is 1. The van der Waals surface area contributed by atoms with Crippen LogP contribution in [0.2, 0.25) is 0 Å². The van der Waals surface area contributed by atoms with Gasteiger partial charge in [0.15, 0.2) is 0 Å². The number of rotatable bonds is 5. The van der Waals surface area contributed by atoms with Gasteiger partial charge in [0.25, 0.3) is 0 Å². The van der Waals surface area contributed by atoms with Crippen LogP contribution in [0.15, 0.2) is 48.5 Å². The summed E-state index contributed by atoms with van der Waals surface area (Å²) < 4.78 is 4.90. The summed E-state index contributed by atoms with van der Waals surface area (Å²) in [5, 5.41) is 0. The maximum atomic E-state index is 13.2. The van der Waals surface area contributed by atoms with Gasteiger partial charge in [-0.3, -0.25) is 9.69 Å². The second kappa shape index (κ2) is 7.30. The number of piperidine rings is 1. The Hall–Kier alpha value is -2.82. The lowest BCUT2D eigenvalue weighted by Crippen LogP contribution is -2.59. The predicted octanol–water partition coefficient (Wildman–Crippen LogP) is 4.46. The summed E-state index contributed by atoms with van der Waals surface area (Å²) in [4.78, 5) is 29.6. The number of carbonyl (C=O) groups is 2. The molecule has 0 aliphatic carbocycles. The highest BCUT2D eigenvalue weighted by molar-refractivity contribution is 6.05. The van der Waals surface area contributed by atoms with Crippen LogP contribution in [0.5, 0.6) is 0 Å². The minimum atomic E-state index is -0.525. The molecule has 0 N–H and O–H groups in total. The van der Waals surface area contributed by atoms with Gasteiger partial charge in [0.1, 0.15) is 5.66 Å². The molecule has 0 spiro atoms. The maximum absolute atomic E-state index is 13.2. The molecule has 0 saturated carbocycles. The largest absolute Gasteiger partial charge is 0.465 e. The fraction of sp³-hybridized carbons (Fsp3) is 0.391. The van der Waals surface area contributed by atoms with Crippen LogP contribution in [-0.4, -0.2) is 25.5 Å². The van der Waals surface area contributed by atoms with Crippen LogP contribution in [0.3, 0.4) is 0 Å². The van der Waals surface area contributed by atoms with Gasteiger partial charge in [-0.25, -0.2) is 4.79 Å².